The van der Waals surface area contributed by atoms with Crippen molar-refractivity contribution in [3.05, 3.63) is 169 Å². The van der Waals surface area contributed by atoms with Crippen LogP contribution in [0, 0.1) is 11.3 Å². The van der Waals surface area contributed by atoms with Crippen LogP contribution in [0.3, 0.4) is 0 Å². The Morgan fingerprint density at radius 2 is 1.02 bits per heavy atom. The van der Waals surface area contributed by atoms with Crippen molar-refractivity contribution in [2.24, 2.45) is 0 Å². The van der Waals surface area contributed by atoms with E-state index >= 15 is 0 Å². The molecule has 0 fully saturated rings. The lowest BCUT2D eigenvalue weighted by Gasteiger charge is -2.16. The quantitative estimate of drug-likeness (QED) is 0.181. The molecule has 0 unspecified atom stereocenters. The molecule has 5 nitrogen and oxygen atoms in total. The monoisotopic (exact) mass is 681 g/mol. The number of thiophene rings is 1. The normalized spacial score (nSPS) is 11.4. The number of benzene rings is 7. The molecule has 0 spiro atoms. The third-order valence-corrected chi connectivity index (χ3v) is 10.8. The summed E-state index contributed by atoms with van der Waals surface area (Å²) in [6.07, 6.45) is 0. The van der Waals surface area contributed by atoms with Crippen molar-refractivity contribution < 1.29 is 0 Å². The van der Waals surface area contributed by atoms with Crippen molar-refractivity contribution in [2.45, 2.75) is 0 Å². The van der Waals surface area contributed by atoms with Crippen molar-refractivity contribution in [1.82, 2.24) is 19.5 Å². The van der Waals surface area contributed by atoms with Crippen LogP contribution in [0.5, 0.6) is 0 Å². The summed E-state index contributed by atoms with van der Waals surface area (Å²) < 4.78 is 4.76. The minimum absolute atomic E-state index is 0.598. The van der Waals surface area contributed by atoms with Gasteiger partial charge in [-0.25, -0.2) is 15.0 Å². The summed E-state index contributed by atoms with van der Waals surface area (Å²) in [5.41, 5.74) is 8.29. The van der Waals surface area contributed by atoms with Crippen LogP contribution in [0.25, 0.3) is 93.0 Å². The number of nitriles is 1. The van der Waals surface area contributed by atoms with Crippen LogP contribution < -0.4 is 0 Å². The van der Waals surface area contributed by atoms with Crippen molar-refractivity contribution in [3.63, 3.8) is 0 Å². The average Bonchev–Trinajstić information content (AvgIpc) is 3.76. The van der Waals surface area contributed by atoms with E-state index in [1.54, 1.807) is 11.3 Å². The highest BCUT2D eigenvalue weighted by atomic mass is 32.1. The molecule has 0 saturated heterocycles. The lowest BCUT2D eigenvalue weighted by Crippen LogP contribution is -2.01. The third-order valence-electron chi connectivity index (χ3n) is 9.70. The fourth-order valence-corrected chi connectivity index (χ4v) is 8.38. The summed E-state index contributed by atoms with van der Waals surface area (Å²) in [6.45, 7) is 0. The maximum Gasteiger partial charge on any atom is 0.164 e. The fourth-order valence-electron chi connectivity index (χ4n) is 7.29. The van der Waals surface area contributed by atoms with Gasteiger partial charge in [0.1, 0.15) is 6.07 Å². The van der Waals surface area contributed by atoms with Crippen LogP contribution in [-0.4, -0.2) is 19.5 Å². The molecule has 10 rings (SSSR count). The first-order valence-corrected chi connectivity index (χ1v) is 17.9. The smallest absolute Gasteiger partial charge is 0.164 e. The van der Waals surface area contributed by atoms with E-state index in [2.05, 4.69) is 102 Å². The lowest BCUT2D eigenvalue weighted by molar-refractivity contribution is 1.07. The number of rotatable bonds is 5. The zero-order chi connectivity index (χ0) is 34.6. The van der Waals surface area contributed by atoms with Crippen LogP contribution in [0.2, 0.25) is 0 Å². The zero-order valence-electron chi connectivity index (χ0n) is 27.7. The highest BCUT2D eigenvalue weighted by molar-refractivity contribution is 7.25. The van der Waals surface area contributed by atoms with Gasteiger partial charge in [0.05, 0.1) is 22.3 Å². The van der Waals surface area contributed by atoms with Gasteiger partial charge >= 0.3 is 0 Å². The molecular formula is C46H27N5S. The molecule has 0 aliphatic carbocycles. The van der Waals surface area contributed by atoms with E-state index in [9.17, 15) is 5.26 Å². The second-order valence-electron chi connectivity index (χ2n) is 12.7. The van der Waals surface area contributed by atoms with Crippen LogP contribution in [0.1, 0.15) is 5.56 Å². The largest absolute Gasteiger partial charge is 0.307 e. The van der Waals surface area contributed by atoms with Gasteiger partial charge in [-0.3, -0.25) is 0 Å². The molecule has 10 aromatic rings. The molecule has 52 heavy (non-hydrogen) atoms. The maximum absolute atomic E-state index is 10.6. The Kier molecular flexibility index (Phi) is 6.98. The summed E-state index contributed by atoms with van der Waals surface area (Å²) >= 11 is 1.81. The van der Waals surface area contributed by atoms with E-state index in [4.69, 9.17) is 15.0 Å². The summed E-state index contributed by atoms with van der Waals surface area (Å²) in [5.74, 6) is 1.84. The Labute approximate surface area is 303 Å². The van der Waals surface area contributed by atoms with Gasteiger partial charge in [-0.1, -0.05) is 115 Å². The molecule has 0 N–H and O–H groups in total. The number of hydrogen-bond acceptors (Lipinski definition) is 5. The van der Waals surface area contributed by atoms with Gasteiger partial charge in [0.25, 0.3) is 0 Å². The van der Waals surface area contributed by atoms with E-state index in [0.29, 0.717) is 23.0 Å². The second-order valence-corrected chi connectivity index (χ2v) is 13.8. The zero-order valence-corrected chi connectivity index (χ0v) is 28.5. The number of para-hydroxylation sites is 2. The minimum Gasteiger partial charge on any atom is -0.307 e. The van der Waals surface area contributed by atoms with Crippen LogP contribution >= 0.6 is 11.3 Å². The minimum atomic E-state index is 0.598. The molecular weight excluding hydrogens is 655 g/mol. The highest BCUT2D eigenvalue weighted by Gasteiger charge is 2.21. The molecule has 0 bridgehead atoms. The van der Waals surface area contributed by atoms with E-state index in [1.807, 2.05) is 72.8 Å². The lowest BCUT2D eigenvalue weighted by atomic mass is 9.98. The molecule has 7 aromatic carbocycles. The van der Waals surface area contributed by atoms with E-state index in [1.165, 1.54) is 20.2 Å². The Morgan fingerprint density at radius 1 is 0.442 bits per heavy atom. The van der Waals surface area contributed by atoms with Crippen molar-refractivity contribution in [1.29, 1.82) is 5.26 Å². The van der Waals surface area contributed by atoms with Gasteiger partial charge in [0, 0.05) is 53.2 Å². The average molecular weight is 682 g/mol. The van der Waals surface area contributed by atoms with Gasteiger partial charge in [-0.05, 0) is 54.1 Å². The van der Waals surface area contributed by atoms with E-state index in [0.717, 1.165) is 55.3 Å². The Morgan fingerprint density at radius 3 is 1.75 bits per heavy atom. The molecule has 0 atom stereocenters. The third kappa shape index (κ3) is 4.87. The molecule has 0 saturated carbocycles. The number of hydrogen-bond donors (Lipinski definition) is 0. The van der Waals surface area contributed by atoms with Gasteiger partial charge in [0.2, 0.25) is 0 Å². The molecule has 0 radical (unpaired) electrons. The van der Waals surface area contributed by atoms with Crippen molar-refractivity contribution >= 4 is 53.3 Å². The van der Waals surface area contributed by atoms with Gasteiger partial charge < -0.3 is 4.57 Å². The molecule has 3 aromatic heterocycles. The first-order chi connectivity index (χ1) is 25.7. The van der Waals surface area contributed by atoms with Crippen LogP contribution in [0.15, 0.2) is 164 Å². The number of aromatic nitrogens is 4. The van der Waals surface area contributed by atoms with Crippen LogP contribution in [0.4, 0.5) is 0 Å². The Bertz CT molecular complexity index is 2970. The maximum atomic E-state index is 10.6. The SMILES string of the molecule is N#Cc1cccc(-c2ccc3sc4ccccc4c3c2)c1-n1c2ccccc2c2cc(-c3nc(-c4ccccc4)nc(-c4ccccc4)n3)ccc21. The Balaban J connectivity index is 1.20. The first-order valence-electron chi connectivity index (χ1n) is 17.1. The standard InChI is InChI=1S/C46H27N5S/c47-28-33-16-11-19-34(31-23-25-42-38(26-31)36-18-8-10-21-41(36)52-42)43(33)51-39-20-9-7-17-35(39)37-27-32(22-24-40(37)51)46-49-44(29-12-3-1-4-13-29)48-45(50-46)30-14-5-2-6-15-30/h1-27H. The number of fused-ring (bicyclic) bond motifs is 6. The van der Waals surface area contributed by atoms with E-state index in [-0.39, 0.29) is 0 Å². The molecule has 3 heterocycles. The topological polar surface area (TPSA) is 67.4 Å². The van der Waals surface area contributed by atoms with Gasteiger partial charge in [-0.15, -0.1) is 11.3 Å². The van der Waals surface area contributed by atoms with Crippen LogP contribution in [-0.2, 0) is 0 Å². The summed E-state index contributed by atoms with van der Waals surface area (Å²) in [6, 6.07) is 58.6. The highest BCUT2D eigenvalue weighted by Crippen LogP contribution is 2.41. The first kappa shape index (κ1) is 29.9. The van der Waals surface area contributed by atoms with E-state index < -0.39 is 0 Å². The molecule has 6 heteroatoms. The predicted octanol–water partition coefficient (Wildman–Crippen LogP) is 11.9. The molecule has 242 valence electrons. The van der Waals surface area contributed by atoms with Gasteiger partial charge in [0.15, 0.2) is 17.5 Å². The summed E-state index contributed by atoms with van der Waals surface area (Å²) in [5, 5.41) is 15.2. The molecule has 0 amide bonds. The summed E-state index contributed by atoms with van der Waals surface area (Å²) in [7, 11) is 0. The molecule has 0 aliphatic heterocycles. The predicted molar refractivity (Wildman–Crippen MR) is 214 cm³/mol. The van der Waals surface area contributed by atoms with Crippen molar-refractivity contribution in [3.8, 4) is 57.0 Å². The second kappa shape index (κ2) is 12.1. The van der Waals surface area contributed by atoms with Gasteiger partial charge in [-0.2, -0.15) is 5.26 Å². The van der Waals surface area contributed by atoms with Crippen molar-refractivity contribution in [2.75, 3.05) is 0 Å². The number of nitrogens with zero attached hydrogens (tertiary/aromatic N) is 5. The Hall–Kier alpha value is -6.94. The fraction of sp³-hybridized carbons (Fsp3) is 0. The summed E-state index contributed by atoms with van der Waals surface area (Å²) in [4.78, 5) is 14.9. The molecule has 0 aliphatic rings.